The van der Waals surface area contributed by atoms with Crippen LogP contribution in [-0.2, 0) is 11.3 Å². The van der Waals surface area contributed by atoms with E-state index in [1.54, 1.807) is 13.2 Å². The minimum absolute atomic E-state index is 0.108. The maximum Gasteiger partial charge on any atom is 0.273 e. The summed E-state index contributed by atoms with van der Waals surface area (Å²) in [5.41, 5.74) is 5.79. The standard InChI is InChI=1S/C12H21N3O3/c1-12(2,3)10(6-13)14-11(16)9-5-8(7-17-4)18-15-9/h5,10H,6-7,13H2,1-4H3,(H,14,16). The minimum atomic E-state index is -0.286. The van der Waals surface area contributed by atoms with E-state index in [4.69, 9.17) is 15.0 Å². The Kier molecular flexibility index (Phi) is 4.86. The first-order valence-corrected chi connectivity index (χ1v) is 5.84. The van der Waals surface area contributed by atoms with Crippen LogP contribution in [0.1, 0.15) is 37.0 Å². The van der Waals surface area contributed by atoms with E-state index in [1.807, 2.05) is 20.8 Å². The summed E-state index contributed by atoms with van der Waals surface area (Å²) in [4.78, 5) is 11.9. The van der Waals surface area contributed by atoms with E-state index in [1.165, 1.54) is 0 Å². The van der Waals surface area contributed by atoms with Gasteiger partial charge in [-0.1, -0.05) is 25.9 Å². The smallest absolute Gasteiger partial charge is 0.273 e. The molecule has 1 unspecified atom stereocenters. The molecule has 1 rings (SSSR count). The summed E-state index contributed by atoms with van der Waals surface area (Å²) in [7, 11) is 1.55. The zero-order valence-electron chi connectivity index (χ0n) is 11.3. The van der Waals surface area contributed by atoms with Gasteiger partial charge in [-0.15, -0.1) is 0 Å². The fraction of sp³-hybridized carbons (Fsp3) is 0.667. The van der Waals surface area contributed by atoms with E-state index in [0.717, 1.165) is 0 Å². The van der Waals surface area contributed by atoms with Crippen molar-refractivity contribution in [2.75, 3.05) is 13.7 Å². The first-order valence-electron chi connectivity index (χ1n) is 5.84. The van der Waals surface area contributed by atoms with Crippen LogP contribution in [0.2, 0.25) is 0 Å². The average molecular weight is 255 g/mol. The average Bonchev–Trinajstić information content (AvgIpc) is 2.73. The number of rotatable bonds is 5. The van der Waals surface area contributed by atoms with Gasteiger partial charge in [0.05, 0.1) is 0 Å². The molecular formula is C12H21N3O3. The molecule has 6 nitrogen and oxygen atoms in total. The number of hydrogen-bond donors (Lipinski definition) is 2. The summed E-state index contributed by atoms with van der Waals surface area (Å²) in [5, 5.41) is 6.55. The van der Waals surface area contributed by atoms with E-state index in [0.29, 0.717) is 18.9 Å². The predicted molar refractivity (Wildman–Crippen MR) is 67.0 cm³/mol. The molecule has 1 heterocycles. The maximum atomic E-state index is 11.9. The molecule has 3 N–H and O–H groups in total. The second-order valence-electron chi connectivity index (χ2n) is 5.24. The van der Waals surface area contributed by atoms with Crippen LogP contribution in [0.15, 0.2) is 10.6 Å². The van der Waals surface area contributed by atoms with Crippen molar-refractivity contribution in [3.8, 4) is 0 Å². The molecule has 0 aliphatic heterocycles. The molecule has 0 saturated carbocycles. The van der Waals surface area contributed by atoms with Gasteiger partial charge in [-0.05, 0) is 5.41 Å². The van der Waals surface area contributed by atoms with E-state index in [9.17, 15) is 4.79 Å². The van der Waals surface area contributed by atoms with Crippen LogP contribution < -0.4 is 11.1 Å². The molecule has 0 saturated heterocycles. The molecule has 0 fully saturated rings. The van der Waals surface area contributed by atoms with Crippen LogP contribution in [0, 0.1) is 5.41 Å². The molecule has 18 heavy (non-hydrogen) atoms. The third-order valence-electron chi connectivity index (χ3n) is 2.66. The van der Waals surface area contributed by atoms with Gasteiger partial charge in [-0.25, -0.2) is 0 Å². The lowest BCUT2D eigenvalue weighted by Crippen LogP contribution is -2.48. The van der Waals surface area contributed by atoms with Gasteiger partial charge in [0.25, 0.3) is 5.91 Å². The van der Waals surface area contributed by atoms with Gasteiger partial charge in [0, 0.05) is 25.8 Å². The van der Waals surface area contributed by atoms with Crippen LogP contribution >= 0.6 is 0 Å². The Labute approximate surface area is 107 Å². The van der Waals surface area contributed by atoms with Gasteiger partial charge < -0.3 is 20.3 Å². The Hall–Kier alpha value is -1.40. The molecule has 1 aromatic rings. The summed E-state index contributed by atoms with van der Waals surface area (Å²) in [6.07, 6.45) is 0. The van der Waals surface area contributed by atoms with Crippen molar-refractivity contribution in [3.05, 3.63) is 17.5 Å². The number of carbonyl (C=O) groups excluding carboxylic acids is 1. The Morgan fingerprint density at radius 2 is 2.28 bits per heavy atom. The molecule has 1 atom stereocenters. The SMILES string of the molecule is COCc1cc(C(=O)NC(CN)C(C)(C)C)no1. The largest absolute Gasteiger partial charge is 0.377 e. The quantitative estimate of drug-likeness (QED) is 0.816. The van der Waals surface area contributed by atoms with Crippen molar-refractivity contribution >= 4 is 5.91 Å². The number of nitrogens with zero attached hydrogens (tertiary/aromatic N) is 1. The van der Waals surface area contributed by atoms with E-state index in [2.05, 4.69) is 10.5 Å². The highest BCUT2D eigenvalue weighted by Crippen LogP contribution is 2.18. The van der Waals surface area contributed by atoms with Crippen LogP contribution in [-0.4, -0.2) is 30.8 Å². The van der Waals surface area contributed by atoms with Crippen molar-refractivity contribution in [3.63, 3.8) is 0 Å². The second kappa shape index (κ2) is 5.97. The fourth-order valence-electron chi connectivity index (χ4n) is 1.49. The number of methoxy groups -OCH3 is 1. The van der Waals surface area contributed by atoms with E-state index < -0.39 is 0 Å². The van der Waals surface area contributed by atoms with Crippen LogP contribution in [0.3, 0.4) is 0 Å². The van der Waals surface area contributed by atoms with Crippen molar-refractivity contribution < 1.29 is 14.1 Å². The molecule has 1 amide bonds. The van der Waals surface area contributed by atoms with Crippen LogP contribution in [0.25, 0.3) is 0 Å². The lowest BCUT2D eigenvalue weighted by molar-refractivity contribution is 0.0895. The second-order valence-corrected chi connectivity index (χ2v) is 5.24. The third-order valence-corrected chi connectivity index (χ3v) is 2.66. The zero-order valence-corrected chi connectivity index (χ0v) is 11.3. The van der Waals surface area contributed by atoms with Gasteiger partial charge in [-0.2, -0.15) is 0 Å². The summed E-state index contributed by atoms with van der Waals surface area (Å²) < 4.78 is 9.85. The summed E-state index contributed by atoms with van der Waals surface area (Å²) in [5.74, 6) is 0.231. The van der Waals surface area contributed by atoms with Gasteiger partial charge in [0.2, 0.25) is 0 Å². The number of nitrogens with one attached hydrogen (secondary N) is 1. The van der Waals surface area contributed by atoms with Gasteiger partial charge in [-0.3, -0.25) is 4.79 Å². The number of carbonyl (C=O) groups is 1. The molecule has 0 aliphatic rings. The number of aromatic nitrogens is 1. The van der Waals surface area contributed by atoms with E-state index in [-0.39, 0.29) is 23.1 Å². The Morgan fingerprint density at radius 3 is 2.78 bits per heavy atom. The molecule has 0 aromatic carbocycles. The maximum absolute atomic E-state index is 11.9. The number of amides is 1. The zero-order chi connectivity index (χ0) is 13.8. The third kappa shape index (κ3) is 3.82. The summed E-state index contributed by atoms with van der Waals surface area (Å²) >= 11 is 0. The van der Waals surface area contributed by atoms with Crippen molar-refractivity contribution in [2.45, 2.75) is 33.4 Å². The molecule has 0 bridgehead atoms. The Morgan fingerprint density at radius 1 is 1.61 bits per heavy atom. The predicted octanol–water partition coefficient (Wildman–Crippen LogP) is 0.924. The monoisotopic (exact) mass is 255 g/mol. The molecular weight excluding hydrogens is 234 g/mol. The van der Waals surface area contributed by atoms with Crippen molar-refractivity contribution in [1.82, 2.24) is 10.5 Å². The topological polar surface area (TPSA) is 90.4 Å². The minimum Gasteiger partial charge on any atom is -0.377 e. The number of ether oxygens (including phenoxy) is 1. The molecule has 0 spiro atoms. The highest BCUT2D eigenvalue weighted by atomic mass is 16.5. The molecule has 0 aliphatic carbocycles. The Balaban J connectivity index is 2.69. The summed E-state index contributed by atoms with van der Waals surface area (Å²) in [6, 6.07) is 1.45. The first-order chi connectivity index (χ1) is 8.38. The Bertz CT molecular complexity index is 396. The highest BCUT2D eigenvalue weighted by molar-refractivity contribution is 5.92. The van der Waals surface area contributed by atoms with Crippen LogP contribution in [0.5, 0.6) is 0 Å². The normalized spacial score (nSPS) is 13.4. The first kappa shape index (κ1) is 14.7. The number of nitrogens with two attached hydrogens (primary N) is 1. The number of hydrogen-bond acceptors (Lipinski definition) is 5. The molecule has 0 radical (unpaired) electrons. The van der Waals surface area contributed by atoms with Crippen molar-refractivity contribution in [2.24, 2.45) is 11.1 Å². The van der Waals surface area contributed by atoms with Gasteiger partial charge in [0.1, 0.15) is 6.61 Å². The summed E-state index contributed by atoms with van der Waals surface area (Å²) in [6.45, 7) is 6.72. The van der Waals surface area contributed by atoms with E-state index >= 15 is 0 Å². The lowest BCUT2D eigenvalue weighted by atomic mass is 9.87. The van der Waals surface area contributed by atoms with Crippen LogP contribution in [0.4, 0.5) is 0 Å². The fourth-order valence-corrected chi connectivity index (χ4v) is 1.49. The van der Waals surface area contributed by atoms with Crippen molar-refractivity contribution in [1.29, 1.82) is 0 Å². The van der Waals surface area contributed by atoms with Gasteiger partial charge in [0.15, 0.2) is 11.5 Å². The lowest BCUT2D eigenvalue weighted by Gasteiger charge is -2.29. The van der Waals surface area contributed by atoms with Gasteiger partial charge >= 0.3 is 0 Å². The molecule has 1 aromatic heterocycles. The molecule has 6 heteroatoms. The highest BCUT2D eigenvalue weighted by Gasteiger charge is 2.26. The molecule has 102 valence electrons.